The summed E-state index contributed by atoms with van der Waals surface area (Å²) in [5, 5.41) is 1.94. The molecule has 5 nitrogen and oxygen atoms in total. The van der Waals surface area contributed by atoms with Crippen LogP contribution in [-0.2, 0) is 9.84 Å². The smallest absolute Gasteiger partial charge is 0.240 e. The van der Waals surface area contributed by atoms with Crippen LogP contribution in [0.15, 0.2) is 56.1 Å². The monoisotopic (exact) mass is 416 g/mol. The Bertz CT molecular complexity index is 1040. The van der Waals surface area contributed by atoms with Gasteiger partial charge in [0.1, 0.15) is 0 Å². The Hall–Kier alpha value is -2.12. The molecule has 3 aromatic rings. The summed E-state index contributed by atoms with van der Waals surface area (Å²) < 4.78 is 32.9. The fraction of sp³-hybridized carbons (Fsp3) is 0.381. The fourth-order valence-corrected chi connectivity index (χ4v) is 5.81. The predicted octanol–water partition coefficient (Wildman–Crippen LogP) is 5.03. The zero-order valence-corrected chi connectivity index (χ0v) is 17.9. The summed E-state index contributed by atoms with van der Waals surface area (Å²) in [7, 11) is -3.78. The molecule has 28 heavy (non-hydrogen) atoms. The van der Waals surface area contributed by atoms with E-state index in [1.165, 1.54) is 11.3 Å². The molecule has 0 bridgehead atoms. The maximum atomic E-state index is 13.4. The normalized spacial score (nSPS) is 20.5. The summed E-state index contributed by atoms with van der Waals surface area (Å²) in [5.41, 5.74) is 1.01. The molecule has 4 rings (SSSR count). The van der Waals surface area contributed by atoms with Gasteiger partial charge in [-0.15, -0.1) is 11.3 Å². The van der Waals surface area contributed by atoms with Gasteiger partial charge >= 0.3 is 0 Å². The lowest BCUT2D eigenvalue weighted by molar-refractivity contribution is 0.342. The van der Waals surface area contributed by atoms with Crippen LogP contribution in [0.5, 0.6) is 0 Å². The van der Waals surface area contributed by atoms with Crippen LogP contribution in [-0.4, -0.2) is 26.5 Å². The standard InChI is InChI=1S/C21H24N2O3S2/c1-14-6-8-17(9-7-14)28(24,25)20-21(23-12-15(2)11-16(3)13-23)26-19(22-20)18-5-4-10-27-18/h4-10,15-16H,11-13H2,1-3H3/t15-,16+. The minimum atomic E-state index is -3.78. The molecule has 0 radical (unpaired) electrons. The number of anilines is 1. The first-order chi connectivity index (χ1) is 13.3. The van der Waals surface area contributed by atoms with Crippen LogP contribution in [0.25, 0.3) is 10.8 Å². The molecule has 0 amide bonds. The summed E-state index contributed by atoms with van der Waals surface area (Å²) in [4.78, 5) is 7.57. The van der Waals surface area contributed by atoms with Crippen molar-refractivity contribution in [1.82, 2.24) is 4.98 Å². The van der Waals surface area contributed by atoms with E-state index in [1.54, 1.807) is 24.3 Å². The van der Waals surface area contributed by atoms with Gasteiger partial charge in [-0.2, -0.15) is 4.98 Å². The van der Waals surface area contributed by atoms with Gasteiger partial charge in [-0.25, -0.2) is 8.42 Å². The van der Waals surface area contributed by atoms with Gasteiger partial charge in [0, 0.05) is 13.1 Å². The number of sulfone groups is 1. The number of aryl methyl sites for hydroxylation is 1. The van der Waals surface area contributed by atoms with Crippen LogP contribution >= 0.6 is 11.3 Å². The van der Waals surface area contributed by atoms with Crippen molar-refractivity contribution in [3.8, 4) is 10.8 Å². The van der Waals surface area contributed by atoms with E-state index in [0.717, 1.165) is 30.0 Å². The fourth-order valence-electron chi connectivity index (χ4n) is 3.84. The van der Waals surface area contributed by atoms with Gasteiger partial charge in [0.25, 0.3) is 0 Å². The molecule has 1 fully saturated rings. The Morgan fingerprint density at radius 3 is 2.39 bits per heavy atom. The number of benzene rings is 1. The van der Waals surface area contributed by atoms with Crippen LogP contribution < -0.4 is 4.90 Å². The van der Waals surface area contributed by atoms with E-state index in [1.807, 2.05) is 29.3 Å². The second-order valence-corrected chi connectivity index (χ2v) is 10.6. The van der Waals surface area contributed by atoms with Crippen LogP contribution in [0.3, 0.4) is 0 Å². The first kappa shape index (κ1) is 19.2. The predicted molar refractivity (Wildman–Crippen MR) is 112 cm³/mol. The number of oxazole rings is 1. The number of piperidine rings is 1. The Morgan fingerprint density at radius 1 is 1.11 bits per heavy atom. The highest BCUT2D eigenvalue weighted by molar-refractivity contribution is 7.91. The zero-order chi connectivity index (χ0) is 19.9. The zero-order valence-electron chi connectivity index (χ0n) is 16.3. The lowest BCUT2D eigenvalue weighted by atomic mass is 9.92. The van der Waals surface area contributed by atoms with E-state index in [2.05, 4.69) is 18.8 Å². The minimum absolute atomic E-state index is 0.0149. The Kier molecular flexibility index (Phi) is 5.05. The summed E-state index contributed by atoms with van der Waals surface area (Å²) >= 11 is 1.48. The molecule has 7 heteroatoms. The van der Waals surface area contributed by atoms with Crippen molar-refractivity contribution in [2.45, 2.75) is 37.1 Å². The third-order valence-corrected chi connectivity index (χ3v) is 7.58. The average Bonchev–Trinajstić information content (AvgIpc) is 3.31. The third-order valence-electron chi connectivity index (χ3n) is 5.05. The quantitative estimate of drug-likeness (QED) is 0.597. The number of thiophene rings is 1. The van der Waals surface area contributed by atoms with Gasteiger partial charge < -0.3 is 9.32 Å². The van der Waals surface area contributed by atoms with Crippen molar-refractivity contribution in [3.63, 3.8) is 0 Å². The van der Waals surface area contributed by atoms with Crippen LogP contribution in [0.1, 0.15) is 25.8 Å². The Morgan fingerprint density at radius 2 is 1.79 bits per heavy atom. The van der Waals surface area contributed by atoms with Crippen molar-refractivity contribution in [3.05, 3.63) is 47.3 Å². The van der Waals surface area contributed by atoms with E-state index in [4.69, 9.17) is 4.42 Å². The highest BCUT2D eigenvalue weighted by atomic mass is 32.2. The second-order valence-electron chi connectivity index (χ2n) is 7.77. The molecule has 1 aromatic carbocycles. The molecule has 1 saturated heterocycles. The molecule has 1 aliphatic rings. The molecular weight excluding hydrogens is 392 g/mol. The third kappa shape index (κ3) is 3.61. The van der Waals surface area contributed by atoms with Crippen molar-refractivity contribution in [1.29, 1.82) is 0 Å². The maximum absolute atomic E-state index is 13.4. The van der Waals surface area contributed by atoms with Gasteiger partial charge in [-0.1, -0.05) is 37.6 Å². The lowest BCUT2D eigenvalue weighted by Gasteiger charge is -2.34. The molecule has 3 heterocycles. The number of hydrogen-bond acceptors (Lipinski definition) is 6. The molecular formula is C21H24N2O3S2. The van der Waals surface area contributed by atoms with Gasteiger partial charge in [0.05, 0.1) is 9.77 Å². The van der Waals surface area contributed by atoms with E-state index < -0.39 is 9.84 Å². The lowest BCUT2D eigenvalue weighted by Crippen LogP contribution is -2.39. The maximum Gasteiger partial charge on any atom is 0.240 e. The molecule has 0 saturated carbocycles. The van der Waals surface area contributed by atoms with Gasteiger partial charge in [-0.05, 0) is 48.8 Å². The summed E-state index contributed by atoms with van der Waals surface area (Å²) in [6.07, 6.45) is 1.13. The van der Waals surface area contributed by atoms with E-state index >= 15 is 0 Å². The first-order valence-corrected chi connectivity index (χ1v) is 11.8. The largest absolute Gasteiger partial charge is 0.418 e. The average molecular weight is 417 g/mol. The molecule has 2 atom stereocenters. The highest BCUT2D eigenvalue weighted by Gasteiger charge is 2.34. The SMILES string of the molecule is Cc1ccc(S(=O)(=O)c2nc(-c3cccs3)oc2N2C[C@H](C)C[C@H](C)C2)cc1. The topological polar surface area (TPSA) is 63.4 Å². The number of nitrogens with zero attached hydrogens (tertiary/aromatic N) is 2. The summed E-state index contributed by atoms with van der Waals surface area (Å²) in [6, 6.07) is 10.7. The molecule has 1 aliphatic heterocycles. The Balaban J connectivity index is 1.84. The second kappa shape index (κ2) is 7.37. The van der Waals surface area contributed by atoms with E-state index in [9.17, 15) is 8.42 Å². The van der Waals surface area contributed by atoms with Gasteiger partial charge in [-0.3, -0.25) is 0 Å². The van der Waals surface area contributed by atoms with Crippen molar-refractivity contribution in [2.24, 2.45) is 11.8 Å². The van der Waals surface area contributed by atoms with E-state index in [0.29, 0.717) is 23.6 Å². The molecule has 0 spiro atoms. The molecule has 0 N–H and O–H groups in total. The number of rotatable bonds is 4. The van der Waals surface area contributed by atoms with Crippen LogP contribution in [0.4, 0.5) is 5.88 Å². The molecule has 2 aromatic heterocycles. The van der Waals surface area contributed by atoms with Crippen molar-refractivity contribution in [2.75, 3.05) is 18.0 Å². The molecule has 0 aliphatic carbocycles. The number of hydrogen-bond donors (Lipinski definition) is 0. The van der Waals surface area contributed by atoms with Gasteiger partial charge in [0.15, 0.2) is 0 Å². The summed E-state index contributed by atoms with van der Waals surface area (Å²) in [6.45, 7) is 7.84. The van der Waals surface area contributed by atoms with Crippen molar-refractivity contribution < 1.29 is 12.8 Å². The summed E-state index contributed by atoms with van der Waals surface area (Å²) in [5.74, 6) is 1.66. The van der Waals surface area contributed by atoms with Crippen molar-refractivity contribution >= 4 is 27.1 Å². The van der Waals surface area contributed by atoms with Crippen LogP contribution in [0.2, 0.25) is 0 Å². The first-order valence-electron chi connectivity index (χ1n) is 9.46. The molecule has 148 valence electrons. The Labute approximate surface area is 169 Å². The van der Waals surface area contributed by atoms with Gasteiger partial charge in [0.2, 0.25) is 26.6 Å². The minimum Gasteiger partial charge on any atom is -0.418 e. The van der Waals surface area contributed by atoms with E-state index in [-0.39, 0.29) is 9.92 Å². The number of aromatic nitrogens is 1. The highest BCUT2D eigenvalue weighted by Crippen LogP contribution is 2.38. The molecule has 0 unspecified atom stereocenters. The van der Waals surface area contributed by atoms with Crippen LogP contribution in [0, 0.1) is 18.8 Å².